The Labute approximate surface area is 108 Å². The van der Waals surface area contributed by atoms with Gasteiger partial charge in [0.05, 0.1) is 7.11 Å². The first-order valence-corrected chi connectivity index (χ1v) is 5.85. The first-order chi connectivity index (χ1) is 8.38. The van der Waals surface area contributed by atoms with Crippen LogP contribution in [0, 0.1) is 6.61 Å². The summed E-state index contributed by atoms with van der Waals surface area (Å²) in [7, 11) is 1.63. The molecule has 4 nitrogen and oxygen atoms in total. The summed E-state index contributed by atoms with van der Waals surface area (Å²) < 4.78 is 10.7. The fourth-order valence-electron chi connectivity index (χ4n) is 1.59. The zero-order valence-electron chi connectivity index (χ0n) is 11.3. The molecule has 0 saturated carbocycles. The molecule has 1 atom stereocenters. The smallest absolute Gasteiger partial charge is 0.122 e. The Morgan fingerprint density at radius 1 is 1.33 bits per heavy atom. The Balaban J connectivity index is 2.90. The summed E-state index contributed by atoms with van der Waals surface area (Å²) >= 11 is 0. The van der Waals surface area contributed by atoms with Crippen molar-refractivity contribution in [2.24, 2.45) is 0 Å². The van der Waals surface area contributed by atoms with Gasteiger partial charge in [-0.15, -0.1) is 0 Å². The predicted molar refractivity (Wildman–Crippen MR) is 69.4 cm³/mol. The van der Waals surface area contributed by atoms with Crippen LogP contribution in [0.15, 0.2) is 18.2 Å². The van der Waals surface area contributed by atoms with Crippen molar-refractivity contribution < 1.29 is 19.7 Å². The minimum atomic E-state index is -0.981. The standard InChI is InChI=1S/C14H21O4/c1-14(2,3)12-7-11(5-6-13(12)17-4)18-9-10(16)8-15/h5-8,10,15-16H,9H2,1-4H3. The summed E-state index contributed by atoms with van der Waals surface area (Å²) in [6.45, 7) is 6.99. The molecule has 0 saturated heterocycles. The van der Waals surface area contributed by atoms with Crippen molar-refractivity contribution in [3.63, 3.8) is 0 Å². The number of methoxy groups -OCH3 is 1. The molecule has 1 unspecified atom stereocenters. The van der Waals surface area contributed by atoms with E-state index < -0.39 is 6.10 Å². The fraction of sp³-hybridized carbons (Fsp3) is 0.500. The summed E-state index contributed by atoms with van der Waals surface area (Å²) in [6, 6.07) is 5.51. The first kappa shape index (κ1) is 14.8. The van der Waals surface area contributed by atoms with Gasteiger partial charge in [-0.05, 0) is 23.6 Å². The van der Waals surface area contributed by atoms with Crippen molar-refractivity contribution in [2.45, 2.75) is 32.3 Å². The van der Waals surface area contributed by atoms with Gasteiger partial charge >= 0.3 is 0 Å². The molecule has 18 heavy (non-hydrogen) atoms. The molecule has 0 spiro atoms. The van der Waals surface area contributed by atoms with Gasteiger partial charge in [0.2, 0.25) is 0 Å². The van der Waals surface area contributed by atoms with Crippen LogP contribution in [-0.2, 0) is 5.41 Å². The van der Waals surface area contributed by atoms with E-state index in [1.165, 1.54) is 0 Å². The summed E-state index contributed by atoms with van der Waals surface area (Å²) in [5, 5.41) is 17.8. The van der Waals surface area contributed by atoms with Crippen molar-refractivity contribution in [1.82, 2.24) is 0 Å². The minimum Gasteiger partial charge on any atom is -0.496 e. The van der Waals surface area contributed by atoms with E-state index in [0.29, 0.717) is 12.4 Å². The second kappa shape index (κ2) is 6.07. The third-order valence-corrected chi connectivity index (χ3v) is 2.57. The summed E-state index contributed by atoms with van der Waals surface area (Å²) in [6.07, 6.45) is -0.981. The van der Waals surface area contributed by atoms with E-state index in [-0.39, 0.29) is 12.0 Å². The van der Waals surface area contributed by atoms with Crippen molar-refractivity contribution in [2.75, 3.05) is 13.7 Å². The highest BCUT2D eigenvalue weighted by atomic mass is 16.5. The Hall–Kier alpha value is -1.26. The van der Waals surface area contributed by atoms with Crippen LogP contribution in [0.25, 0.3) is 0 Å². The van der Waals surface area contributed by atoms with E-state index in [4.69, 9.17) is 14.6 Å². The second-order valence-electron chi connectivity index (χ2n) is 5.14. The minimum absolute atomic E-state index is 0.0202. The number of hydrogen-bond acceptors (Lipinski definition) is 4. The average Bonchev–Trinajstić information content (AvgIpc) is 2.34. The lowest BCUT2D eigenvalue weighted by Crippen LogP contribution is -2.18. The summed E-state index contributed by atoms with van der Waals surface area (Å²) in [5.74, 6) is 1.45. The first-order valence-electron chi connectivity index (χ1n) is 5.85. The lowest BCUT2D eigenvalue weighted by Gasteiger charge is -2.23. The molecule has 1 aromatic rings. The third-order valence-electron chi connectivity index (χ3n) is 2.57. The maximum atomic E-state index is 9.19. The molecule has 2 N–H and O–H groups in total. The number of hydrogen-bond donors (Lipinski definition) is 2. The topological polar surface area (TPSA) is 58.9 Å². The van der Waals surface area contributed by atoms with Gasteiger partial charge in [0.25, 0.3) is 0 Å². The van der Waals surface area contributed by atoms with Crippen LogP contribution in [-0.4, -0.2) is 30.0 Å². The van der Waals surface area contributed by atoms with Gasteiger partial charge in [0, 0.05) is 5.56 Å². The van der Waals surface area contributed by atoms with Crippen LogP contribution < -0.4 is 9.47 Å². The Kier molecular flexibility index (Phi) is 4.99. The molecule has 0 aromatic heterocycles. The zero-order valence-corrected chi connectivity index (χ0v) is 11.3. The lowest BCUT2D eigenvalue weighted by molar-refractivity contribution is 0.0914. The molecule has 1 radical (unpaired) electrons. The number of aliphatic hydroxyl groups excluding tert-OH is 2. The monoisotopic (exact) mass is 253 g/mol. The fourth-order valence-corrected chi connectivity index (χ4v) is 1.59. The van der Waals surface area contributed by atoms with Gasteiger partial charge in [0.15, 0.2) is 0 Å². The third kappa shape index (κ3) is 3.89. The molecule has 0 bridgehead atoms. The maximum absolute atomic E-state index is 9.19. The second-order valence-corrected chi connectivity index (χ2v) is 5.14. The quantitative estimate of drug-likeness (QED) is 0.845. The van der Waals surface area contributed by atoms with E-state index in [2.05, 4.69) is 20.8 Å². The summed E-state index contributed by atoms with van der Waals surface area (Å²) in [4.78, 5) is 0. The largest absolute Gasteiger partial charge is 0.496 e. The van der Waals surface area contributed by atoms with Crippen LogP contribution in [0.5, 0.6) is 11.5 Å². The highest BCUT2D eigenvalue weighted by Crippen LogP contribution is 2.34. The Morgan fingerprint density at radius 3 is 2.50 bits per heavy atom. The lowest BCUT2D eigenvalue weighted by atomic mass is 9.86. The number of aliphatic hydroxyl groups is 2. The van der Waals surface area contributed by atoms with E-state index >= 15 is 0 Å². The van der Waals surface area contributed by atoms with E-state index in [0.717, 1.165) is 11.3 Å². The Morgan fingerprint density at radius 2 is 2.00 bits per heavy atom. The van der Waals surface area contributed by atoms with Gasteiger partial charge in [-0.1, -0.05) is 20.8 Å². The zero-order chi connectivity index (χ0) is 13.8. The molecular weight excluding hydrogens is 232 g/mol. The number of ether oxygens (including phenoxy) is 2. The van der Waals surface area contributed by atoms with Crippen molar-refractivity contribution in [3.05, 3.63) is 30.4 Å². The molecule has 0 heterocycles. The average molecular weight is 253 g/mol. The molecule has 1 aromatic carbocycles. The molecule has 0 aliphatic carbocycles. The van der Waals surface area contributed by atoms with Gasteiger partial charge in [-0.3, -0.25) is 0 Å². The van der Waals surface area contributed by atoms with Gasteiger partial charge in [0.1, 0.15) is 30.8 Å². The van der Waals surface area contributed by atoms with Crippen LogP contribution in [0.2, 0.25) is 0 Å². The van der Waals surface area contributed by atoms with E-state index in [9.17, 15) is 5.11 Å². The molecule has 1 rings (SSSR count). The van der Waals surface area contributed by atoms with Crippen molar-refractivity contribution >= 4 is 0 Å². The normalized spacial score (nSPS) is 13.2. The highest BCUT2D eigenvalue weighted by Gasteiger charge is 2.19. The summed E-state index contributed by atoms with van der Waals surface area (Å²) in [5.41, 5.74) is 0.969. The van der Waals surface area contributed by atoms with Crippen molar-refractivity contribution in [3.8, 4) is 11.5 Å². The molecule has 0 amide bonds. The number of benzene rings is 1. The SMILES string of the molecule is COc1ccc(OCC(O)[CH]O)cc1C(C)(C)C. The number of rotatable bonds is 5. The maximum Gasteiger partial charge on any atom is 0.122 e. The molecular formula is C14H21O4. The van der Waals surface area contributed by atoms with Gasteiger partial charge < -0.3 is 19.7 Å². The molecule has 4 heteroatoms. The molecule has 0 fully saturated rings. The van der Waals surface area contributed by atoms with E-state index in [1.807, 2.05) is 12.1 Å². The highest BCUT2D eigenvalue weighted by molar-refractivity contribution is 5.44. The van der Waals surface area contributed by atoms with Crippen LogP contribution in [0.4, 0.5) is 0 Å². The van der Waals surface area contributed by atoms with Crippen LogP contribution in [0.3, 0.4) is 0 Å². The van der Waals surface area contributed by atoms with Gasteiger partial charge in [-0.2, -0.15) is 0 Å². The predicted octanol–water partition coefficient (Wildman–Crippen LogP) is 2.27. The Bertz CT molecular complexity index is 382. The molecule has 0 aliphatic rings. The van der Waals surface area contributed by atoms with Crippen LogP contribution in [0.1, 0.15) is 26.3 Å². The van der Waals surface area contributed by atoms with Crippen molar-refractivity contribution in [1.29, 1.82) is 0 Å². The van der Waals surface area contributed by atoms with E-state index in [1.54, 1.807) is 13.2 Å². The molecule has 0 aliphatic heterocycles. The van der Waals surface area contributed by atoms with Crippen LogP contribution >= 0.6 is 0 Å². The van der Waals surface area contributed by atoms with Gasteiger partial charge in [-0.25, -0.2) is 0 Å². The molecule has 101 valence electrons.